The van der Waals surface area contributed by atoms with Crippen LogP contribution in [0.4, 0.5) is 11.4 Å². The number of aryl methyl sites for hydroxylation is 2. The first-order valence-electron chi connectivity index (χ1n) is 9.55. The Labute approximate surface area is 195 Å². The van der Waals surface area contributed by atoms with E-state index in [4.69, 9.17) is 0 Å². The van der Waals surface area contributed by atoms with Gasteiger partial charge >= 0.3 is 0 Å². The molecule has 0 bridgehead atoms. The molecule has 8 heteroatoms. The van der Waals surface area contributed by atoms with Gasteiger partial charge in [-0.25, -0.2) is 8.42 Å². The van der Waals surface area contributed by atoms with Crippen molar-refractivity contribution in [2.75, 3.05) is 15.8 Å². The van der Waals surface area contributed by atoms with E-state index >= 15 is 0 Å². The van der Waals surface area contributed by atoms with Gasteiger partial charge in [0.15, 0.2) is 0 Å². The van der Waals surface area contributed by atoms with Crippen LogP contribution in [-0.4, -0.2) is 20.1 Å². The molecule has 5 nitrogen and oxygen atoms in total. The average molecular weight is 519 g/mol. The van der Waals surface area contributed by atoms with Crippen LogP contribution in [0.5, 0.6) is 0 Å². The second-order valence-electron chi connectivity index (χ2n) is 7.12. The van der Waals surface area contributed by atoms with Gasteiger partial charge < -0.3 is 5.32 Å². The summed E-state index contributed by atoms with van der Waals surface area (Å²) < 4.78 is 29.0. The van der Waals surface area contributed by atoms with Gasteiger partial charge in [-0.05, 0) is 67.4 Å². The van der Waals surface area contributed by atoms with E-state index in [1.54, 1.807) is 18.2 Å². The minimum Gasteiger partial charge on any atom is -0.325 e. The molecule has 0 aliphatic carbocycles. The van der Waals surface area contributed by atoms with Gasteiger partial charge in [0.25, 0.3) is 10.0 Å². The normalized spacial score (nSPS) is 11.2. The van der Waals surface area contributed by atoms with Gasteiger partial charge in [-0.3, -0.25) is 9.52 Å². The topological polar surface area (TPSA) is 75.3 Å². The van der Waals surface area contributed by atoms with Gasteiger partial charge in [0, 0.05) is 15.9 Å². The van der Waals surface area contributed by atoms with Crippen LogP contribution in [0.2, 0.25) is 0 Å². The molecule has 0 aliphatic heterocycles. The Morgan fingerprint density at radius 1 is 1.00 bits per heavy atom. The maximum Gasteiger partial charge on any atom is 0.261 e. The van der Waals surface area contributed by atoms with Gasteiger partial charge in [0.1, 0.15) is 0 Å². The predicted octanol–water partition coefficient (Wildman–Crippen LogP) is 5.74. The van der Waals surface area contributed by atoms with Crippen molar-refractivity contribution in [2.45, 2.75) is 24.5 Å². The Kier molecular flexibility index (Phi) is 7.80. The van der Waals surface area contributed by atoms with Crippen LogP contribution in [0.3, 0.4) is 0 Å². The number of benzene rings is 3. The second-order valence-corrected chi connectivity index (χ2v) is 10.7. The molecule has 0 radical (unpaired) electrons. The van der Waals surface area contributed by atoms with E-state index in [-0.39, 0.29) is 10.8 Å². The molecule has 3 rings (SSSR count). The van der Waals surface area contributed by atoms with E-state index in [1.165, 1.54) is 23.9 Å². The second kappa shape index (κ2) is 10.3. The number of hydrogen-bond donors (Lipinski definition) is 2. The summed E-state index contributed by atoms with van der Waals surface area (Å²) in [4.78, 5) is 12.3. The minimum absolute atomic E-state index is 0.134. The van der Waals surface area contributed by atoms with Crippen molar-refractivity contribution in [2.24, 2.45) is 0 Å². The van der Waals surface area contributed by atoms with Crippen molar-refractivity contribution in [3.05, 3.63) is 87.9 Å². The Morgan fingerprint density at radius 3 is 2.42 bits per heavy atom. The molecular weight excluding hydrogens is 496 g/mol. The molecule has 0 spiro atoms. The summed E-state index contributed by atoms with van der Waals surface area (Å²) in [6.45, 7) is 3.82. The lowest BCUT2D eigenvalue weighted by Gasteiger charge is -2.12. The molecule has 31 heavy (non-hydrogen) atoms. The smallest absolute Gasteiger partial charge is 0.261 e. The number of halogens is 1. The van der Waals surface area contributed by atoms with Crippen LogP contribution in [0.1, 0.15) is 16.7 Å². The highest BCUT2D eigenvalue weighted by atomic mass is 79.9. The lowest BCUT2D eigenvalue weighted by molar-refractivity contribution is -0.113. The fourth-order valence-corrected chi connectivity index (χ4v) is 5.29. The quantitative estimate of drug-likeness (QED) is 0.398. The molecule has 0 fully saturated rings. The van der Waals surface area contributed by atoms with Crippen molar-refractivity contribution >= 4 is 55.0 Å². The third-order valence-electron chi connectivity index (χ3n) is 4.47. The summed E-state index contributed by atoms with van der Waals surface area (Å²) in [7, 11) is -3.71. The molecule has 0 atom stereocenters. The third-order valence-corrected chi connectivity index (χ3v) is 7.34. The summed E-state index contributed by atoms with van der Waals surface area (Å²) in [5.41, 5.74) is 4.16. The van der Waals surface area contributed by atoms with Crippen LogP contribution in [-0.2, 0) is 20.6 Å². The number of anilines is 2. The van der Waals surface area contributed by atoms with Crippen LogP contribution in [0.15, 0.2) is 76.1 Å². The summed E-state index contributed by atoms with van der Waals surface area (Å²) in [5, 5.41) is 2.80. The van der Waals surface area contributed by atoms with Gasteiger partial charge in [-0.2, -0.15) is 0 Å². The van der Waals surface area contributed by atoms with Crippen LogP contribution < -0.4 is 10.0 Å². The van der Waals surface area contributed by atoms with Crippen LogP contribution in [0, 0.1) is 13.8 Å². The van der Waals surface area contributed by atoms with Crippen molar-refractivity contribution in [3.8, 4) is 0 Å². The fraction of sp³-hybridized carbons (Fsp3) is 0.174. The average Bonchev–Trinajstić information content (AvgIpc) is 2.70. The summed E-state index contributed by atoms with van der Waals surface area (Å²) in [5.74, 6) is 0.901. The molecule has 3 aromatic carbocycles. The zero-order valence-electron chi connectivity index (χ0n) is 17.2. The van der Waals surface area contributed by atoms with Gasteiger partial charge in [0.05, 0.1) is 16.3 Å². The van der Waals surface area contributed by atoms with Crippen LogP contribution in [0.25, 0.3) is 0 Å². The minimum atomic E-state index is -3.71. The van der Waals surface area contributed by atoms with Crippen molar-refractivity contribution < 1.29 is 13.2 Å². The Morgan fingerprint density at radius 2 is 1.74 bits per heavy atom. The van der Waals surface area contributed by atoms with E-state index < -0.39 is 10.0 Å². The highest BCUT2D eigenvalue weighted by Gasteiger charge is 2.15. The molecule has 2 N–H and O–H groups in total. The van der Waals surface area contributed by atoms with E-state index in [1.807, 2.05) is 50.2 Å². The zero-order chi connectivity index (χ0) is 22.4. The molecule has 0 saturated heterocycles. The molecular formula is C23H23BrN2O3S2. The highest BCUT2D eigenvalue weighted by molar-refractivity contribution is 9.10. The molecule has 0 aromatic heterocycles. The first kappa shape index (κ1) is 23.4. The third kappa shape index (κ3) is 6.85. The van der Waals surface area contributed by atoms with Gasteiger partial charge in [0.2, 0.25) is 5.91 Å². The number of amides is 1. The molecule has 3 aromatic rings. The van der Waals surface area contributed by atoms with Crippen molar-refractivity contribution in [3.63, 3.8) is 0 Å². The van der Waals surface area contributed by atoms with E-state index in [9.17, 15) is 13.2 Å². The molecule has 1 amide bonds. The molecule has 0 unspecified atom stereocenters. The lowest BCUT2D eigenvalue weighted by Crippen LogP contribution is -2.15. The maximum atomic E-state index is 12.7. The SMILES string of the molecule is Cc1ccc(NS(=O)(=O)c2ccc(NC(=O)CSCc3cccc(Br)c3)cc2)c(C)c1. The number of sulfonamides is 1. The van der Waals surface area contributed by atoms with E-state index in [0.717, 1.165) is 26.9 Å². The summed E-state index contributed by atoms with van der Waals surface area (Å²) in [6.07, 6.45) is 0. The molecule has 0 saturated carbocycles. The van der Waals surface area contributed by atoms with Gasteiger partial charge in [-0.1, -0.05) is 45.8 Å². The monoisotopic (exact) mass is 518 g/mol. The van der Waals surface area contributed by atoms with Crippen LogP contribution >= 0.6 is 27.7 Å². The molecule has 0 heterocycles. The number of thioether (sulfide) groups is 1. The van der Waals surface area contributed by atoms with Crippen molar-refractivity contribution in [1.82, 2.24) is 0 Å². The van der Waals surface area contributed by atoms with Crippen molar-refractivity contribution in [1.29, 1.82) is 0 Å². The molecule has 162 valence electrons. The standard InChI is InChI=1S/C23H23BrN2O3S2/c1-16-6-11-22(17(2)12-16)26-31(28,29)21-9-7-20(8-10-21)25-23(27)15-30-14-18-4-3-5-19(24)13-18/h3-13,26H,14-15H2,1-2H3,(H,25,27). The maximum absolute atomic E-state index is 12.7. The van der Waals surface area contributed by atoms with Gasteiger partial charge in [-0.15, -0.1) is 11.8 Å². The Balaban J connectivity index is 1.55. The summed E-state index contributed by atoms with van der Waals surface area (Å²) >= 11 is 4.95. The number of rotatable bonds is 8. The van der Waals surface area contributed by atoms with E-state index in [0.29, 0.717) is 17.1 Å². The summed E-state index contributed by atoms with van der Waals surface area (Å²) in [6, 6.07) is 19.6. The number of carbonyl (C=O) groups is 1. The number of hydrogen-bond acceptors (Lipinski definition) is 4. The number of carbonyl (C=O) groups excluding carboxylic acids is 1. The fourth-order valence-electron chi connectivity index (χ4n) is 2.93. The van der Waals surface area contributed by atoms with E-state index in [2.05, 4.69) is 26.0 Å². The first-order chi connectivity index (χ1) is 14.7. The predicted molar refractivity (Wildman–Crippen MR) is 132 cm³/mol. The zero-order valence-corrected chi connectivity index (χ0v) is 20.4. The highest BCUT2D eigenvalue weighted by Crippen LogP contribution is 2.22. The largest absolute Gasteiger partial charge is 0.325 e. The number of nitrogens with one attached hydrogen (secondary N) is 2. The lowest BCUT2D eigenvalue weighted by atomic mass is 10.1. The molecule has 0 aliphatic rings. The Hall–Kier alpha value is -2.29. The first-order valence-corrected chi connectivity index (χ1v) is 13.0. The Bertz CT molecular complexity index is 1180.